The fourth-order valence-electron chi connectivity index (χ4n) is 2.83. The van der Waals surface area contributed by atoms with Gasteiger partial charge in [0, 0.05) is 6.54 Å². The summed E-state index contributed by atoms with van der Waals surface area (Å²) in [5.41, 5.74) is 1.20. The molecular formula is C16H18N2O2S2. The van der Waals surface area contributed by atoms with E-state index < -0.39 is 6.04 Å². The minimum atomic E-state index is -0.506. The van der Waals surface area contributed by atoms with Crippen LogP contribution in [0.3, 0.4) is 0 Å². The first-order valence-corrected chi connectivity index (χ1v) is 9.16. The largest absolute Gasteiger partial charge is 0.340 e. The number of thiophene rings is 2. The number of hydrogen-bond acceptors (Lipinski definition) is 4. The van der Waals surface area contributed by atoms with E-state index >= 15 is 0 Å². The van der Waals surface area contributed by atoms with Crippen LogP contribution in [0.2, 0.25) is 0 Å². The van der Waals surface area contributed by atoms with E-state index in [1.165, 1.54) is 16.9 Å². The Morgan fingerprint density at radius 2 is 2.23 bits per heavy atom. The number of nitrogens with zero attached hydrogens (tertiary/aromatic N) is 1. The van der Waals surface area contributed by atoms with Gasteiger partial charge in [-0.15, -0.1) is 11.3 Å². The van der Waals surface area contributed by atoms with Crippen LogP contribution in [0.25, 0.3) is 0 Å². The lowest BCUT2D eigenvalue weighted by Gasteiger charge is -2.27. The second-order valence-corrected chi connectivity index (χ2v) is 7.15. The summed E-state index contributed by atoms with van der Waals surface area (Å²) < 4.78 is 0. The van der Waals surface area contributed by atoms with E-state index in [9.17, 15) is 9.59 Å². The molecule has 0 aliphatic carbocycles. The standard InChI is InChI=1S/C16H18N2O2S2/c1-11(17-15(19)14-5-3-8-22-14)16(20)18-7-2-4-13(18)12-6-9-21-10-12/h3,5-6,8-11,13H,2,4,7H2,1H3,(H,17,19)/t11-,13+/m1/s1. The van der Waals surface area contributed by atoms with Crippen molar-refractivity contribution in [3.05, 3.63) is 44.8 Å². The van der Waals surface area contributed by atoms with Crippen LogP contribution in [-0.2, 0) is 4.79 Å². The molecule has 2 atom stereocenters. The molecule has 3 heterocycles. The maximum Gasteiger partial charge on any atom is 0.261 e. The van der Waals surface area contributed by atoms with E-state index in [-0.39, 0.29) is 17.9 Å². The van der Waals surface area contributed by atoms with Gasteiger partial charge in [0.1, 0.15) is 6.04 Å². The third kappa shape index (κ3) is 3.08. The molecule has 3 rings (SSSR count). The van der Waals surface area contributed by atoms with Crippen LogP contribution in [0.1, 0.15) is 41.0 Å². The second kappa shape index (κ2) is 6.62. The Bertz CT molecular complexity index is 637. The Hall–Kier alpha value is -1.66. The van der Waals surface area contributed by atoms with Crippen LogP contribution in [0.5, 0.6) is 0 Å². The predicted octanol–water partition coefficient (Wildman–Crippen LogP) is 3.29. The first-order chi connectivity index (χ1) is 10.7. The van der Waals surface area contributed by atoms with Gasteiger partial charge in [0.05, 0.1) is 10.9 Å². The molecule has 116 valence electrons. The summed E-state index contributed by atoms with van der Waals surface area (Å²) in [5, 5.41) is 8.81. The molecular weight excluding hydrogens is 316 g/mol. The highest BCUT2D eigenvalue weighted by Gasteiger charge is 2.33. The van der Waals surface area contributed by atoms with E-state index in [0.29, 0.717) is 4.88 Å². The van der Waals surface area contributed by atoms with Gasteiger partial charge in [-0.3, -0.25) is 9.59 Å². The van der Waals surface area contributed by atoms with Crippen LogP contribution in [-0.4, -0.2) is 29.3 Å². The summed E-state index contributed by atoms with van der Waals surface area (Å²) in [4.78, 5) is 27.3. The second-order valence-electron chi connectivity index (χ2n) is 5.42. The van der Waals surface area contributed by atoms with E-state index in [2.05, 4.69) is 16.8 Å². The molecule has 1 aliphatic rings. The molecule has 0 aromatic carbocycles. The Kier molecular flexibility index (Phi) is 4.59. The number of amides is 2. The molecule has 6 heteroatoms. The van der Waals surface area contributed by atoms with Crippen molar-refractivity contribution in [3.8, 4) is 0 Å². The monoisotopic (exact) mass is 334 g/mol. The Morgan fingerprint density at radius 1 is 1.36 bits per heavy atom. The third-order valence-electron chi connectivity index (χ3n) is 3.93. The van der Waals surface area contributed by atoms with Crippen molar-refractivity contribution in [1.82, 2.24) is 10.2 Å². The van der Waals surface area contributed by atoms with Crippen molar-refractivity contribution in [3.63, 3.8) is 0 Å². The molecule has 0 saturated carbocycles. The minimum Gasteiger partial charge on any atom is -0.340 e. The SMILES string of the molecule is C[C@@H](NC(=O)c1cccs1)C(=O)N1CCC[C@H]1c1ccsc1. The topological polar surface area (TPSA) is 49.4 Å². The van der Waals surface area contributed by atoms with Crippen LogP contribution >= 0.6 is 22.7 Å². The molecule has 0 spiro atoms. The highest BCUT2D eigenvalue weighted by molar-refractivity contribution is 7.12. The number of likely N-dealkylation sites (tertiary alicyclic amines) is 1. The maximum absolute atomic E-state index is 12.7. The first-order valence-electron chi connectivity index (χ1n) is 7.34. The highest BCUT2D eigenvalue weighted by atomic mass is 32.1. The van der Waals surface area contributed by atoms with Crippen molar-refractivity contribution >= 4 is 34.5 Å². The molecule has 1 N–H and O–H groups in total. The average Bonchev–Trinajstić information content (AvgIpc) is 3.26. The normalized spacial score (nSPS) is 19.1. The predicted molar refractivity (Wildman–Crippen MR) is 89.3 cm³/mol. The zero-order valence-electron chi connectivity index (χ0n) is 12.3. The lowest BCUT2D eigenvalue weighted by Crippen LogP contribution is -2.46. The Morgan fingerprint density at radius 3 is 2.91 bits per heavy atom. The summed E-state index contributed by atoms with van der Waals surface area (Å²) in [7, 11) is 0. The quantitative estimate of drug-likeness (QED) is 0.933. The molecule has 2 amide bonds. The van der Waals surface area contributed by atoms with Gasteiger partial charge >= 0.3 is 0 Å². The fraction of sp³-hybridized carbons (Fsp3) is 0.375. The van der Waals surface area contributed by atoms with Gasteiger partial charge in [-0.25, -0.2) is 0 Å². The summed E-state index contributed by atoms with van der Waals surface area (Å²) in [6, 6.07) is 5.32. The van der Waals surface area contributed by atoms with E-state index in [4.69, 9.17) is 0 Å². The van der Waals surface area contributed by atoms with Crippen LogP contribution in [0, 0.1) is 0 Å². The zero-order valence-corrected chi connectivity index (χ0v) is 14.0. The Balaban J connectivity index is 1.66. The Labute approximate surface area is 137 Å². The molecule has 1 fully saturated rings. The molecule has 0 bridgehead atoms. The average molecular weight is 334 g/mol. The van der Waals surface area contributed by atoms with E-state index in [1.54, 1.807) is 24.3 Å². The first kappa shape index (κ1) is 15.2. The van der Waals surface area contributed by atoms with Crippen molar-refractivity contribution in [1.29, 1.82) is 0 Å². The molecule has 22 heavy (non-hydrogen) atoms. The fourth-order valence-corrected chi connectivity index (χ4v) is 4.16. The van der Waals surface area contributed by atoms with Gasteiger partial charge in [0.25, 0.3) is 5.91 Å². The smallest absolute Gasteiger partial charge is 0.261 e. The van der Waals surface area contributed by atoms with Gasteiger partial charge in [-0.1, -0.05) is 6.07 Å². The zero-order chi connectivity index (χ0) is 15.5. The third-order valence-corrected chi connectivity index (χ3v) is 5.50. The van der Waals surface area contributed by atoms with Crippen LogP contribution < -0.4 is 5.32 Å². The summed E-state index contributed by atoms with van der Waals surface area (Å²) >= 11 is 3.03. The maximum atomic E-state index is 12.7. The van der Waals surface area contributed by atoms with Crippen molar-refractivity contribution in [2.24, 2.45) is 0 Å². The molecule has 2 aromatic rings. The minimum absolute atomic E-state index is 0.00129. The highest BCUT2D eigenvalue weighted by Crippen LogP contribution is 2.33. The number of hydrogen-bond donors (Lipinski definition) is 1. The molecule has 0 radical (unpaired) electrons. The summed E-state index contributed by atoms with van der Waals surface area (Å²) in [6.45, 7) is 2.52. The lowest BCUT2D eigenvalue weighted by molar-refractivity contribution is -0.133. The number of carbonyl (C=O) groups is 2. The molecule has 0 unspecified atom stereocenters. The van der Waals surface area contributed by atoms with Gasteiger partial charge in [0.15, 0.2) is 0 Å². The van der Waals surface area contributed by atoms with Gasteiger partial charge < -0.3 is 10.2 Å². The van der Waals surface area contributed by atoms with Crippen molar-refractivity contribution in [2.75, 3.05) is 6.54 Å². The number of carbonyl (C=O) groups excluding carboxylic acids is 2. The van der Waals surface area contributed by atoms with Crippen LogP contribution in [0.4, 0.5) is 0 Å². The molecule has 2 aromatic heterocycles. The van der Waals surface area contributed by atoms with Gasteiger partial charge in [0.2, 0.25) is 5.91 Å². The molecule has 1 saturated heterocycles. The lowest BCUT2D eigenvalue weighted by atomic mass is 10.1. The molecule has 1 aliphatic heterocycles. The number of nitrogens with one attached hydrogen (secondary N) is 1. The van der Waals surface area contributed by atoms with E-state index in [1.807, 2.05) is 21.7 Å². The van der Waals surface area contributed by atoms with Crippen molar-refractivity contribution < 1.29 is 9.59 Å². The van der Waals surface area contributed by atoms with E-state index in [0.717, 1.165) is 19.4 Å². The summed E-state index contributed by atoms with van der Waals surface area (Å²) in [6.07, 6.45) is 2.01. The van der Waals surface area contributed by atoms with Gasteiger partial charge in [-0.05, 0) is 53.6 Å². The van der Waals surface area contributed by atoms with Crippen molar-refractivity contribution in [2.45, 2.75) is 31.8 Å². The summed E-state index contributed by atoms with van der Waals surface area (Å²) in [5.74, 6) is -0.180. The molecule has 4 nitrogen and oxygen atoms in total. The van der Waals surface area contributed by atoms with Crippen LogP contribution in [0.15, 0.2) is 34.3 Å². The van der Waals surface area contributed by atoms with Gasteiger partial charge in [-0.2, -0.15) is 11.3 Å². The number of rotatable bonds is 4.